The topological polar surface area (TPSA) is 84.6 Å². The lowest BCUT2D eigenvalue weighted by Crippen LogP contribution is -2.33. The Morgan fingerprint density at radius 2 is 1.88 bits per heavy atom. The highest BCUT2D eigenvalue weighted by Gasteiger charge is 2.34. The number of carbonyl (C=O) groups is 1. The molecule has 1 aliphatic heterocycles. The van der Waals surface area contributed by atoms with Gasteiger partial charge in [-0.3, -0.25) is 14.4 Å². The summed E-state index contributed by atoms with van der Waals surface area (Å²) >= 11 is 4.43. The van der Waals surface area contributed by atoms with Crippen LogP contribution in [0.3, 0.4) is 0 Å². The van der Waals surface area contributed by atoms with Gasteiger partial charge in [0, 0.05) is 23.0 Å². The van der Waals surface area contributed by atoms with E-state index in [-0.39, 0.29) is 33.1 Å². The molecule has 0 spiro atoms. The fraction of sp³-hybridized carbons (Fsp3) is 0.0870. The number of amides is 1. The summed E-state index contributed by atoms with van der Waals surface area (Å²) in [5.41, 5.74) is 1.73. The van der Waals surface area contributed by atoms with Crippen LogP contribution in [-0.4, -0.2) is 27.0 Å². The second-order valence-electron chi connectivity index (χ2n) is 7.20. The minimum atomic E-state index is -0.485. The van der Waals surface area contributed by atoms with E-state index in [1.165, 1.54) is 0 Å². The average molecular weight is 507 g/mol. The lowest BCUT2D eigenvalue weighted by Gasteiger charge is -2.14. The molecule has 0 aliphatic carbocycles. The van der Waals surface area contributed by atoms with Gasteiger partial charge < -0.3 is 4.90 Å². The average Bonchev–Trinajstić information content (AvgIpc) is 3.22. The molecule has 0 atom stereocenters. The van der Waals surface area contributed by atoms with Crippen LogP contribution in [-0.2, 0) is 11.2 Å². The number of aromatic nitrogens is 3. The summed E-state index contributed by atoms with van der Waals surface area (Å²) in [7, 11) is 0. The summed E-state index contributed by atoms with van der Waals surface area (Å²) < 4.78 is 2.11. The first-order chi connectivity index (χ1) is 15.5. The first-order valence-electron chi connectivity index (χ1n) is 9.71. The highest BCUT2D eigenvalue weighted by atomic mass is 79.9. The van der Waals surface area contributed by atoms with Gasteiger partial charge in [-0.15, -0.1) is 6.58 Å². The van der Waals surface area contributed by atoms with Crippen LogP contribution >= 0.6 is 27.3 Å². The molecule has 32 heavy (non-hydrogen) atoms. The number of benzene rings is 2. The van der Waals surface area contributed by atoms with Crippen molar-refractivity contribution in [3.8, 4) is 0 Å². The number of thiazole rings is 1. The molecule has 1 amide bonds. The monoisotopic (exact) mass is 506 g/mol. The highest BCUT2D eigenvalue weighted by Crippen LogP contribution is 2.37. The van der Waals surface area contributed by atoms with E-state index in [1.807, 2.05) is 42.5 Å². The number of hydrogen-bond acceptors (Lipinski definition) is 6. The summed E-state index contributed by atoms with van der Waals surface area (Å²) in [6, 6.07) is 14.8. The van der Waals surface area contributed by atoms with E-state index < -0.39 is 11.1 Å². The van der Waals surface area contributed by atoms with Gasteiger partial charge in [0.05, 0.1) is 11.3 Å². The van der Waals surface area contributed by atoms with Crippen molar-refractivity contribution >= 4 is 49.4 Å². The maximum absolute atomic E-state index is 13.3. The fourth-order valence-corrected chi connectivity index (χ4v) is 5.08. The molecule has 0 N–H and O–H groups in total. The number of carbonyl (C=O) groups excluding carboxylic acids is 1. The Balaban J connectivity index is 1.75. The molecule has 0 bridgehead atoms. The van der Waals surface area contributed by atoms with Crippen molar-refractivity contribution in [2.75, 3.05) is 11.4 Å². The fourth-order valence-electron chi connectivity index (χ4n) is 3.73. The highest BCUT2D eigenvalue weighted by molar-refractivity contribution is 9.10. The van der Waals surface area contributed by atoms with E-state index in [9.17, 15) is 14.4 Å². The van der Waals surface area contributed by atoms with Crippen molar-refractivity contribution < 1.29 is 4.79 Å². The largest absolute Gasteiger partial charge is 0.304 e. The normalized spacial score (nSPS) is 14.8. The Kier molecular flexibility index (Phi) is 5.07. The van der Waals surface area contributed by atoms with Gasteiger partial charge in [-0.05, 0) is 23.8 Å². The second-order valence-corrected chi connectivity index (χ2v) is 9.09. The predicted octanol–water partition coefficient (Wildman–Crippen LogP) is 2.32. The molecule has 7 nitrogen and oxygen atoms in total. The maximum Gasteiger partial charge on any atom is 0.296 e. The minimum absolute atomic E-state index is 0.158. The first kappa shape index (κ1) is 20.5. The molecule has 0 unspecified atom stereocenters. The molecule has 2 aromatic heterocycles. The van der Waals surface area contributed by atoms with Crippen molar-refractivity contribution in [1.82, 2.24) is 14.6 Å². The predicted molar refractivity (Wildman–Crippen MR) is 127 cm³/mol. The Labute approximate surface area is 194 Å². The third-order valence-electron chi connectivity index (χ3n) is 5.16. The van der Waals surface area contributed by atoms with Gasteiger partial charge in [-0.2, -0.15) is 14.6 Å². The quantitative estimate of drug-likeness (QED) is 0.396. The van der Waals surface area contributed by atoms with Crippen LogP contribution in [0.15, 0.2) is 75.2 Å². The Morgan fingerprint density at radius 3 is 2.62 bits per heavy atom. The van der Waals surface area contributed by atoms with Crippen LogP contribution in [0.1, 0.15) is 16.8 Å². The number of nitrogens with zero attached hydrogens (tertiary/aromatic N) is 4. The summed E-state index contributed by atoms with van der Waals surface area (Å²) in [5, 5.41) is 4.29. The van der Waals surface area contributed by atoms with Crippen LogP contribution in [0.2, 0.25) is 0 Å². The van der Waals surface area contributed by atoms with Crippen molar-refractivity contribution in [2.45, 2.75) is 6.42 Å². The molecule has 158 valence electrons. The van der Waals surface area contributed by atoms with E-state index in [0.29, 0.717) is 17.8 Å². The molecule has 5 rings (SSSR count). The third-order valence-corrected chi connectivity index (χ3v) is 6.68. The zero-order valence-corrected chi connectivity index (χ0v) is 19.0. The Morgan fingerprint density at radius 1 is 1.09 bits per heavy atom. The number of anilines is 1. The van der Waals surface area contributed by atoms with E-state index >= 15 is 0 Å². The number of fused-ring (bicyclic) bond motifs is 2. The molecular formula is C23H15BrN4O3S. The SMILES string of the molecule is C=CCN1C(=O)/C(=c2\sc3nc(=O)c(Cc4ccccc4)nn3c2=O)c2cc(Br)ccc21. The van der Waals surface area contributed by atoms with E-state index in [4.69, 9.17) is 0 Å². The summed E-state index contributed by atoms with van der Waals surface area (Å²) in [4.78, 5) is 44.9. The van der Waals surface area contributed by atoms with Gasteiger partial charge in [0.1, 0.15) is 10.2 Å². The molecule has 9 heteroatoms. The third kappa shape index (κ3) is 3.30. The van der Waals surface area contributed by atoms with Crippen LogP contribution < -0.4 is 20.6 Å². The molecule has 3 heterocycles. The van der Waals surface area contributed by atoms with Gasteiger partial charge in [-0.25, -0.2) is 0 Å². The van der Waals surface area contributed by atoms with E-state index in [0.717, 1.165) is 25.9 Å². The van der Waals surface area contributed by atoms with E-state index in [1.54, 1.807) is 17.0 Å². The van der Waals surface area contributed by atoms with Gasteiger partial charge in [0.15, 0.2) is 0 Å². The molecule has 1 aliphatic rings. The van der Waals surface area contributed by atoms with Crippen LogP contribution in [0.5, 0.6) is 0 Å². The number of rotatable bonds is 4. The Hall–Kier alpha value is -3.43. The van der Waals surface area contributed by atoms with Gasteiger partial charge in [0.25, 0.3) is 17.0 Å². The Bertz CT molecular complexity index is 1580. The molecule has 4 aromatic rings. The van der Waals surface area contributed by atoms with E-state index in [2.05, 4.69) is 32.6 Å². The number of halogens is 1. The van der Waals surface area contributed by atoms with Crippen molar-refractivity contribution in [1.29, 1.82) is 0 Å². The molecule has 2 aromatic carbocycles. The van der Waals surface area contributed by atoms with Crippen molar-refractivity contribution in [3.63, 3.8) is 0 Å². The van der Waals surface area contributed by atoms with Crippen LogP contribution in [0.25, 0.3) is 10.5 Å². The van der Waals surface area contributed by atoms with Gasteiger partial charge in [0.2, 0.25) is 4.96 Å². The van der Waals surface area contributed by atoms with Gasteiger partial charge >= 0.3 is 0 Å². The summed E-state index contributed by atoms with van der Waals surface area (Å²) in [5.74, 6) is -0.297. The molecule has 0 saturated heterocycles. The lowest BCUT2D eigenvalue weighted by molar-refractivity contribution is -0.112. The second kappa shape index (κ2) is 7.92. The molecule has 0 fully saturated rings. The molecular weight excluding hydrogens is 492 g/mol. The van der Waals surface area contributed by atoms with Crippen molar-refractivity contribution in [2.24, 2.45) is 0 Å². The lowest BCUT2D eigenvalue weighted by atomic mass is 10.1. The van der Waals surface area contributed by atoms with Crippen LogP contribution in [0.4, 0.5) is 5.69 Å². The summed E-state index contributed by atoms with van der Waals surface area (Å²) in [6.07, 6.45) is 1.89. The first-order valence-corrected chi connectivity index (χ1v) is 11.3. The molecule has 0 saturated carbocycles. The zero-order chi connectivity index (χ0) is 22.4. The van der Waals surface area contributed by atoms with Gasteiger partial charge in [-0.1, -0.05) is 63.7 Å². The number of hydrogen-bond donors (Lipinski definition) is 0. The zero-order valence-electron chi connectivity index (χ0n) is 16.6. The summed E-state index contributed by atoms with van der Waals surface area (Å²) in [6.45, 7) is 4.03. The molecule has 0 radical (unpaired) electrons. The standard InChI is InChI=1S/C23H15BrN4O3S/c1-2-10-27-17-9-8-14(24)12-15(17)18(21(27)30)19-22(31)28-23(32-19)25-20(29)16(26-28)11-13-6-4-3-5-7-13/h2-9,12H,1,10-11H2/b19-18-. The maximum atomic E-state index is 13.3. The van der Waals surface area contributed by atoms with Crippen molar-refractivity contribution in [3.05, 3.63) is 108 Å². The minimum Gasteiger partial charge on any atom is -0.304 e. The van der Waals surface area contributed by atoms with Crippen LogP contribution in [0, 0.1) is 0 Å². The smallest absolute Gasteiger partial charge is 0.296 e.